The zero-order valence-corrected chi connectivity index (χ0v) is 15.2. The molecule has 0 saturated heterocycles. The van der Waals surface area contributed by atoms with E-state index in [0.717, 1.165) is 22.6 Å². The Morgan fingerprint density at radius 1 is 1.08 bits per heavy atom. The molecule has 0 aliphatic carbocycles. The van der Waals surface area contributed by atoms with Crippen LogP contribution < -0.4 is 15.4 Å². The summed E-state index contributed by atoms with van der Waals surface area (Å²) in [5, 5.41) is 6.03. The first-order chi connectivity index (χ1) is 11.4. The van der Waals surface area contributed by atoms with Crippen LogP contribution in [0, 0.1) is 13.8 Å². The number of aryl methyl sites for hydroxylation is 1. The van der Waals surface area contributed by atoms with Gasteiger partial charge in [0.25, 0.3) is 5.91 Å². The predicted molar refractivity (Wildman–Crippen MR) is 102 cm³/mol. The molecule has 2 N–H and O–H groups in total. The molecule has 2 aromatic rings. The first-order valence-electron chi connectivity index (χ1n) is 7.82. The van der Waals surface area contributed by atoms with Crippen molar-refractivity contribution < 1.29 is 9.53 Å². The summed E-state index contributed by atoms with van der Waals surface area (Å²) in [6.45, 7) is 7.95. The van der Waals surface area contributed by atoms with Gasteiger partial charge >= 0.3 is 0 Å². The summed E-state index contributed by atoms with van der Waals surface area (Å²) in [6.07, 6.45) is 0.0963. The van der Waals surface area contributed by atoms with Crippen molar-refractivity contribution in [2.24, 2.45) is 0 Å². The molecule has 0 heterocycles. The van der Waals surface area contributed by atoms with Crippen LogP contribution in [-0.2, 0) is 0 Å². The van der Waals surface area contributed by atoms with Gasteiger partial charge in [-0.05, 0) is 81.4 Å². The van der Waals surface area contributed by atoms with E-state index in [-0.39, 0.29) is 17.1 Å². The molecule has 0 aromatic heterocycles. The van der Waals surface area contributed by atoms with Crippen LogP contribution in [0.3, 0.4) is 0 Å². The molecular formula is C19H22N2O2S. The van der Waals surface area contributed by atoms with Crippen LogP contribution in [-0.4, -0.2) is 17.1 Å². The number of ether oxygens (including phenoxy) is 1. The quantitative estimate of drug-likeness (QED) is 0.817. The molecule has 0 spiro atoms. The van der Waals surface area contributed by atoms with Gasteiger partial charge in [0.1, 0.15) is 5.75 Å². The van der Waals surface area contributed by atoms with Gasteiger partial charge in [0.15, 0.2) is 5.11 Å². The Labute approximate surface area is 148 Å². The topological polar surface area (TPSA) is 50.4 Å². The molecule has 2 rings (SSSR count). The zero-order valence-electron chi connectivity index (χ0n) is 14.3. The number of thiocarbonyl (C=S) groups is 1. The lowest BCUT2D eigenvalue weighted by atomic mass is 10.1. The van der Waals surface area contributed by atoms with E-state index in [2.05, 4.69) is 10.6 Å². The maximum atomic E-state index is 12.3. The Morgan fingerprint density at radius 3 is 2.38 bits per heavy atom. The molecule has 0 aliphatic heterocycles. The van der Waals surface area contributed by atoms with E-state index in [9.17, 15) is 4.79 Å². The van der Waals surface area contributed by atoms with Crippen molar-refractivity contribution in [3.63, 3.8) is 0 Å². The Kier molecular flexibility index (Phi) is 5.93. The lowest BCUT2D eigenvalue weighted by Gasteiger charge is -2.13. The lowest BCUT2D eigenvalue weighted by molar-refractivity contribution is 0.0977. The molecule has 0 radical (unpaired) electrons. The Morgan fingerprint density at radius 2 is 1.75 bits per heavy atom. The van der Waals surface area contributed by atoms with Gasteiger partial charge in [-0.15, -0.1) is 0 Å². The molecule has 4 nitrogen and oxygen atoms in total. The summed E-state index contributed by atoms with van der Waals surface area (Å²) in [7, 11) is 0. The average molecular weight is 342 g/mol. The number of amides is 1. The summed E-state index contributed by atoms with van der Waals surface area (Å²) in [6, 6.07) is 12.9. The van der Waals surface area contributed by atoms with Gasteiger partial charge < -0.3 is 10.1 Å². The van der Waals surface area contributed by atoms with Crippen LogP contribution in [0.4, 0.5) is 5.69 Å². The predicted octanol–water partition coefficient (Wildman–Crippen LogP) is 4.22. The van der Waals surface area contributed by atoms with E-state index >= 15 is 0 Å². The fraction of sp³-hybridized carbons (Fsp3) is 0.263. The molecule has 0 atom stereocenters. The number of benzene rings is 2. The molecule has 0 fully saturated rings. The molecule has 0 saturated carbocycles. The average Bonchev–Trinajstić information content (AvgIpc) is 2.52. The highest BCUT2D eigenvalue weighted by atomic mass is 32.1. The highest BCUT2D eigenvalue weighted by molar-refractivity contribution is 7.80. The second-order valence-electron chi connectivity index (χ2n) is 5.85. The first-order valence-corrected chi connectivity index (χ1v) is 8.23. The molecule has 2 aromatic carbocycles. The van der Waals surface area contributed by atoms with Gasteiger partial charge in [-0.1, -0.05) is 12.1 Å². The second kappa shape index (κ2) is 7.93. The van der Waals surface area contributed by atoms with Crippen LogP contribution in [0.25, 0.3) is 0 Å². The third-order valence-electron chi connectivity index (χ3n) is 3.57. The van der Waals surface area contributed by atoms with Gasteiger partial charge in [-0.2, -0.15) is 0 Å². The van der Waals surface area contributed by atoms with Crippen molar-refractivity contribution >= 4 is 28.9 Å². The summed E-state index contributed by atoms with van der Waals surface area (Å²) in [4.78, 5) is 12.3. The van der Waals surface area contributed by atoms with E-state index in [1.54, 1.807) is 24.3 Å². The van der Waals surface area contributed by atoms with E-state index in [1.165, 1.54) is 0 Å². The summed E-state index contributed by atoms with van der Waals surface area (Å²) in [5.41, 5.74) is 3.68. The smallest absolute Gasteiger partial charge is 0.257 e. The van der Waals surface area contributed by atoms with Crippen LogP contribution >= 0.6 is 12.2 Å². The van der Waals surface area contributed by atoms with Crippen LogP contribution in [0.5, 0.6) is 5.75 Å². The minimum atomic E-state index is -0.256. The molecule has 0 unspecified atom stereocenters. The number of anilines is 1. The Hall–Kier alpha value is -2.40. The minimum absolute atomic E-state index is 0.0963. The largest absolute Gasteiger partial charge is 0.491 e. The van der Waals surface area contributed by atoms with Crippen molar-refractivity contribution in [3.05, 3.63) is 59.2 Å². The van der Waals surface area contributed by atoms with Crippen molar-refractivity contribution in [3.8, 4) is 5.75 Å². The van der Waals surface area contributed by atoms with Crippen molar-refractivity contribution in [2.75, 3.05) is 5.32 Å². The second-order valence-corrected chi connectivity index (χ2v) is 6.25. The minimum Gasteiger partial charge on any atom is -0.491 e. The van der Waals surface area contributed by atoms with Gasteiger partial charge in [-0.25, -0.2) is 0 Å². The summed E-state index contributed by atoms with van der Waals surface area (Å²) < 4.78 is 5.56. The van der Waals surface area contributed by atoms with Gasteiger partial charge in [0, 0.05) is 11.3 Å². The Bertz CT molecular complexity index is 740. The van der Waals surface area contributed by atoms with Crippen molar-refractivity contribution in [1.29, 1.82) is 0 Å². The van der Waals surface area contributed by atoms with Crippen molar-refractivity contribution in [1.82, 2.24) is 5.32 Å². The number of hydrogen-bond acceptors (Lipinski definition) is 3. The normalized spacial score (nSPS) is 10.4. The fourth-order valence-corrected chi connectivity index (χ4v) is 2.38. The van der Waals surface area contributed by atoms with E-state index in [1.807, 2.05) is 45.9 Å². The number of carbonyl (C=O) groups excluding carboxylic acids is 1. The van der Waals surface area contributed by atoms with E-state index < -0.39 is 0 Å². The number of nitrogens with one attached hydrogen (secondary N) is 2. The van der Waals surface area contributed by atoms with Crippen LogP contribution in [0.1, 0.15) is 35.3 Å². The molecular weight excluding hydrogens is 320 g/mol. The van der Waals surface area contributed by atoms with Gasteiger partial charge in [0.2, 0.25) is 0 Å². The zero-order chi connectivity index (χ0) is 17.7. The third-order valence-corrected chi connectivity index (χ3v) is 3.77. The Balaban J connectivity index is 1.98. The van der Waals surface area contributed by atoms with Gasteiger partial charge in [0.05, 0.1) is 6.10 Å². The van der Waals surface area contributed by atoms with Gasteiger partial charge in [-0.3, -0.25) is 10.1 Å². The lowest BCUT2D eigenvalue weighted by Crippen LogP contribution is -2.34. The standard InChI is InChI=1S/C19H22N2O2S/c1-12(2)23-16-10-8-15(9-11-16)18(22)21-19(24)20-17-7-5-6-13(3)14(17)4/h5-12H,1-4H3,(H2,20,21,22,24). The molecule has 0 bridgehead atoms. The SMILES string of the molecule is Cc1cccc(NC(=S)NC(=O)c2ccc(OC(C)C)cc2)c1C. The third kappa shape index (κ3) is 4.80. The highest BCUT2D eigenvalue weighted by Crippen LogP contribution is 2.18. The van der Waals surface area contributed by atoms with Crippen molar-refractivity contribution in [2.45, 2.75) is 33.8 Å². The molecule has 24 heavy (non-hydrogen) atoms. The number of rotatable bonds is 4. The van der Waals surface area contributed by atoms with Crippen LogP contribution in [0.15, 0.2) is 42.5 Å². The van der Waals surface area contributed by atoms with E-state index in [0.29, 0.717) is 5.56 Å². The number of hydrogen-bond donors (Lipinski definition) is 2. The molecule has 126 valence electrons. The summed E-state index contributed by atoms with van der Waals surface area (Å²) in [5.74, 6) is 0.478. The molecule has 1 amide bonds. The first kappa shape index (κ1) is 17.9. The monoisotopic (exact) mass is 342 g/mol. The number of carbonyl (C=O) groups is 1. The summed E-state index contributed by atoms with van der Waals surface area (Å²) >= 11 is 5.23. The maximum Gasteiger partial charge on any atom is 0.257 e. The van der Waals surface area contributed by atoms with E-state index in [4.69, 9.17) is 17.0 Å². The van der Waals surface area contributed by atoms with Crippen LogP contribution in [0.2, 0.25) is 0 Å². The molecule has 5 heteroatoms. The fourth-order valence-electron chi connectivity index (χ4n) is 2.17. The highest BCUT2D eigenvalue weighted by Gasteiger charge is 2.09. The maximum absolute atomic E-state index is 12.3. The molecule has 0 aliphatic rings.